The standard InChI is InChI=1S/C7H12F3NO2S/c1-11(5-7(8,9)10)6-2-3-14(12,13)4-6/h6H,2-5H2,1H3. The van der Waals surface area contributed by atoms with E-state index in [1.54, 1.807) is 0 Å². The van der Waals surface area contributed by atoms with Gasteiger partial charge in [-0.3, -0.25) is 4.90 Å². The number of hydrogen-bond acceptors (Lipinski definition) is 3. The fraction of sp³-hybridized carbons (Fsp3) is 1.00. The fourth-order valence-electron chi connectivity index (χ4n) is 1.53. The van der Waals surface area contributed by atoms with Crippen LogP contribution in [0.1, 0.15) is 6.42 Å². The van der Waals surface area contributed by atoms with Gasteiger partial charge in [-0.25, -0.2) is 8.42 Å². The second-order valence-corrected chi connectivity index (χ2v) is 5.82. The smallest absolute Gasteiger partial charge is 0.294 e. The third-order valence-electron chi connectivity index (χ3n) is 2.26. The Morgan fingerprint density at radius 3 is 2.36 bits per heavy atom. The van der Waals surface area contributed by atoms with Crippen LogP contribution in [0.25, 0.3) is 0 Å². The van der Waals surface area contributed by atoms with Crippen LogP contribution in [-0.2, 0) is 9.84 Å². The summed E-state index contributed by atoms with van der Waals surface area (Å²) in [6.07, 6.45) is -3.96. The molecule has 0 bridgehead atoms. The molecule has 0 aromatic rings. The summed E-state index contributed by atoms with van der Waals surface area (Å²) in [5, 5.41) is 0. The fourth-order valence-corrected chi connectivity index (χ4v) is 3.34. The number of halogens is 3. The molecule has 1 saturated heterocycles. The zero-order valence-electron chi connectivity index (χ0n) is 7.71. The first-order chi connectivity index (χ1) is 6.20. The molecule has 0 radical (unpaired) electrons. The first kappa shape index (κ1) is 11.8. The highest BCUT2D eigenvalue weighted by Gasteiger charge is 2.36. The normalized spacial score (nSPS) is 27.1. The lowest BCUT2D eigenvalue weighted by Gasteiger charge is -2.23. The Hall–Kier alpha value is -0.300. The molecule has 1 fully saturated rings. The quantitative estimate of drug-likeness (QED) is 0.701. The van der Waals surface area contributed by atoms with E-state index in [1.165, 1.54) is 7.05 Å². The number of nitrogens with zero attached hydrogens (tertiary/aromatic N) is 1. The van der Waals surface area contributed by atoms with Crippen LogP contribution >= 0.6 is 0 Å². The van der Waals surface area contributed by atoms with Crippen molar-refractivity contribution in [1.82, 2.24) is 4.90 Å². The van der Waals surface area contributed by atoms with Crippen LogP contribution in [0, 0.1) is 0 Å². The van der Waals surface area contributed by atoms with Gasteiger partial charge in [0.1, 0.15) is 0 Å². The minimum Gasteiger partial charge on any atom is -0.294 e. The maximum atomic E-state index is 12.0. The van der Waals surface area contributed by atoms with Crippen molar-refractivity contribution in [3.8, 4) is 0 Å². The van der Waals surface area contributed by atoms with E-state index in [4.69, 9.17) is 0 Å². The molecule has 1 rings (SSSR count). The second kappa shape index (κ2) is 3.69. The van der Waals surface area contributed by atoms with Crippen LogP contribution in [0.4, 0.5) is 13.2 Å². The molecule has 7 heteroatoms. The van der Waals surface area contributed by atoms with Crippen LogP contribution in [0.5, 0.6) is 0 Å². The molecular formula is C7H12F3NO2S. The van der Waals surface area contributed by atoms with E-state index in [-0.39, 0.29) is 11.5 Å². The molecule has 0 amide bonds. The largest absolute Gasteiger partial charge is 0.401 e. The molecule has 1 atom stereocenters. The molecule has 0 aromatic heterocycles. The van der Waals surface area contributed by atoms with E-state index in [2.05, 4.69) is 0 Å². The zero-order valence-corrected chi connectivity index (χ0v) is 8.53. The molecule has 3 nitrogen and oxygen atoms in total. The van der Waals surface area contributed by atoms with Gasteiger partial charge in [0.05, 0.1) is 18.1 Å². The Balaban J connectivity index is 2.52. The van der Waals surface area contributed by atoms with Gasteiger partial charge in [-0.2, -0.15) is 13.2 Å². The molecular weight excluding hydrogens is 219 g/mol. The van der Waals surface area contributed by atoms with Crippen molar-refractivity contribution in [2.45, 2.75) is 18.6 Å². The monoisotopic (exact) mass is 231 g/mol. The SMILES string of the molecule is CN(CC(F)(F)F)C1CCS(=O)(=O)C1. The lowest BCUT2D eigenvalue weighted by molar-refractivity contribution is -0.146. The lowest BCUT2D eigenvalue weighted by Crippen LogP contribution is -2.39. The lowest BCUT2D eigenvalue weighted by atomic mass is 10.2. The summed E-state index contributed by atoms with van der Waals surface area (Å²) in [6.45, 7) is -1.05. The predicted molar refractivity (Wildman–Crippen MR) is 45.7 cm³/mol. The van der Waals surface area contributed by atoms with Crippen LogP contribution < -0.4 is 0 Å². The van der Waals surface area contributed by atoms with Gasteiger partial charge >= 0.3 is 6.18 Å². The minimum atomic E-state index is -4.26. The zero-order chi connectivity index (χ0) is 11.0. The van der Waals surface area contributed by atoms with Gasteiger partial charge in [-0.1, -0.05) is 0 Å². The highest BCUT2D eigenvalue weighted by atomic mass is 32.2. The Morgan fingerprint density at radius 1 is 1.43 bits per heavy atom. The molecule has 0 N–H and O–H groups in total. The minimum absolute atomic E-state index is 0.000135. The van der Waals surface area contributed by atoms with Crippen molar-refractivity contribution in [1.29, 1.82) is 0 Å². The summed E-state index contributed by atoms with van der Waals surface area (Å²) >= 11 is 0. The van der Waals surface area contributed by atoms with Crippen molar-refractivity contribution < 1.29 is 21.6 Å². The maximum absolute atomic E-state index is 12.0. The molecule has 1 unspecified atom stereocenters. The average molecular weight is 231 g/mol. The second-order valence-electron chi connectivity index (χ2n) is 3.59. The Labute approximate surface area is 80.8 Å². The Bertz CT molecular complexity index is 299. The van der Waals surface area contributed by atoms with Crippen molar-refractivity contribution in [2.24, 2.45) is 0 Å². The molecule has 0 spiro atoms. The molecule has 1 aliphatic heterocycles. The number of sulfone groups is 1. The van der Waals surface area contributed by atoms with Crippen molar-refractivity contribution in [2.75, 3.05) is 25.1 Å². The average Bonchev–Trinajstić information content (AvgIpc) is 2.26. The molecule has 0 aliphatic carbocycles. The highest BCUT2D eigenvalue weighted by Crippen LogP contribution is 2.21. The summed E-state index contributed by atoms with van der Waals surface area (Å²) < 4.78 is 57.9. The van der Waals surface area contributed by atoms with Gasteiger partial charge in [0.2, 0.25) is 0 Å². The third kappa shape index (κ3) is 3.45. The summed E-state index contributed by atoms with van der Waals surface area (Å²) in [5.41, 5.74) is 0. The van der Waals surface area contributed by atoms with Crippen LogP contribution in [-0.4, -0.2) is 50.6 Å². The van der Waals surface area contributed by atoms with E-state index in [1.807, 2.05) is 0 Å². The van der Waals surface area contributed by atoms with Gasteiger partial charge in [0.25, 0.3) is 0 Å². The number of hydrogen-bond donors (Lipinski definition) is 0. The van der Waals surface area contributed by atoms with E-state index in [0.717, 1.165) is 4.90 Å². The van der Waals surface area contributed by atoms with Gasteiger partial charge in [0.15, 0.2) is 9.84 Å². The van der Waals surface area contributed by atoms with Gasteiger partial charge in [-0.05, 0) is 13.5 Å². The van der Waals surface area contributed by atoms with Crippen molar-refractivity contribution in [3.05, 3.63) is 0 Å². The summed E-state index contributed by atoms with van der Waals surface area (Å²) in [4.78, 5) is 1.06. The molecule has 1 heterocycles. The maximum Gasteiger partial charge on any atom is 0.401 e. The highest BCUT2D eigenvalue weighted by molar-refractivity contribution is 7.91. The number of alkyl halides is 3. The molecule has 0 saturated carbocycles. The summed E-state index contributed by atoms with van der Waals surface area (Å²) in [6, 6.07) is -0.485. The third-order valence-corrected chi connectivity index (χ3v) is 4.01. The van der Waals surface area contributed by atoms with Crippen molar-refractivity contribution in [3.63, 3.8) is 0 Å². The van der Waals surface area contributed by atoms with Crippen LogP contribution in [0.2, 0.25) is 0 Å². The summed E-state index contributed by atoms with van der Waals surface area (Å²) in [5.74, 6) is -0.153. The Kier molecular flexibility index (Phi) is 3.10. The first-order valence-corrected chi connectivity index (χ1v) is 5.99. The topological polar surface area (TPSA) is 37.4 Å². The van der Waals surface area contributed by atoms with Gasteiger partial charge in [-0.15, -0.1) is 0 Å². The predicted octanol–water partition coefficient (Wildman–Crippen LogP) is 0.668. The molecule has 1 aliphatic rings. The van der Waals surface area contributed by atoms with Crippen LogP contribution in [0.3, 0.4) is 0 Å². The Morgan fingerprint density at radius 2 is 2.00 bits per heavy atom. The van der Waals surface area contributed by atoms with E-state index >= 15 is 0 Å². The molecule has 0 aromatic carbocycles. The van der Waals surface area contributed by atoms with E-state index < -0.39 is 28.6 Å². The summed E-state index contributed by atoms with van der Waals surface area (Å²) in [7, 11) is -1.80. The van der Waals surface area contributed by atoms with E-state index in [0.29, 0.717) is 6.42 Å². The van der Waals surface area contributed by atoms with E-state index in [9.17, 15) is 21.6 Å². The van der Waals surface area contributed by atoms with Crippen molar-refractivity contribution >= 4 is 9.84 Å². The molecule has 14 heavy (non-hydrogen) atoms. The first-order valence-electron chi connectivity index (χ1n) is 4.17. The number of rotatable bonds is 2. The van der Waals surface area contributed by atoms with Gasteiger partial charge < -0.3 is 0 Å². The molecule has 84 valence electrons. The van der Waals surface area contributed by atoms with Crippen LogP contribution in [0.15, 0.2) is 0 Å². The van der Waals surface area contributed by atoms with Gasteiger partial charge in [0, 0.05) is 6.04 Å².